The van der Waals surface area contributed by atoms with Gasteiger partial charge in [0.15, 0.2) is 0 Å². The van der Waals surface area contributed by atoms with Crippen LogP contribution in [-0.4, -0.2) is 34.5 Å². The SMILES string of the molecule is Cc1ncn(-c2ccc(Nc3ncc4cccc(-c5cccc6c5cnn6C)c4n3)cc2)n1. The fraction of sp³-hybridized carbons (Fsp3) is 0.0800. The molecule has 0 aliphatic carbocycles. The summed E-state index contributed by atoms with van der Waals surface area (Å²) in [7, 11) is 1.95. The van der Waals surface area contributed by atoms with Crippen molar-refractivity contribution in [3.63, 3.8) is 0 Å². The summed E-state index contributed by atoms with van der Waals surface area (Å²) in [6.45, 7) is 1.87. The molecule has 3 aromatic carbocycles. The number of hydrogen-bond acceptors (Lipinski definition) is 6. The molecule has 0 spiro atoms. The van der Waals surface area contributed by atoms with Crippen LogP contribution in [0.5, 0.6) is 0 Å². The molecule has 0 saturated heterocycles. The van der Waals surface area contributed by atoms with Crippen molar-refractivity contribution in [2.45, 2.75) is 6.92 Å². The summed E-state index contributed by atoms with van der Waals surface area (Å²) in [5, 5.41) is 14.2. The van der Waals surface area contributed by atoms with E-state index < -0.39 is 0 Å². The van der Waals surface area contributed by atoms with E-state index in [1.165, 1.54) is 0 Å². The highest BCUT2D eigenvalue weighted by molar-refractivity contribution is 6.03. The van der Waals surface area contributed by atoms with E-state index in [9.17, 15) is 0 Å². The average Bonchev–Trinajstić information content (AvgIpc) is 3.45. The van der Waals surface area contributed by atoms with Gasteiger partial charge in [-0.2, -0.15) is 10.2 Å². The second kappa shape index (κ2) is 7.52. The Labute approximate surface area is 189 Å². The lowest BCUT2D eigenvalue weighted by molar-refractivity contribution is 0.797. The molecule has 0 unspecified atom stereocenters. The van der Waals surface area contributed by atoms with E-state index in [-0.39, 0.29) is 0 Å². The van der Waals surface area contributed by atoms with Gasteiger partial charge in [-0.3, -0.25) is 4.68 Å². The Balaban J connectivity index is 1.38. The first-order chi connectivity index (χ1) is 16.2. The van der Waals surface area contributed by atoms with E-state index in [1.807, 2.05) is 67.4 Å². The zero-order valence-corrected chi connectivity index (χ0v) is 18.1. The molecule has 8 heteroatoms. The van der Waals surface area contributed by atoms with E-state index in [1.54, 1.807) is 11.0 Å². The Morgan fingerprint density at radius 2 is 1.67 bits per heavy atom. The molecule has 6 aromatic rings. The van der Waals surface area contributed by atoms with E-state index in [4.69, 9.17) is 4.98 Å². The molecule has 0 saturated carbocycles. The topological polar surface area (TPSA) is 86.3 Å². The van der Waals surface area contributed by atoms with Gasteiger partial charge in [-0.1, -0.05) is 30.3 Å². The number of aromatic nitrogens is 7. The molecule has 0 fully saturated rings. The normalized spacial score (nSPS) is 11.3. The highest BCUT2D eigenvalue weighted by Crippen LogP contribution is 2.33. The maximum atomic E-state index is 4.87. The Morgan fingerprint density at radius 3 is 2.48 bits per heavy atom. The first-order valence-electron chi connectivity index (χ1n) is 10.6. The van der Waals surface area contributed by atoms with Crippen molar-refractivity contribution >= 4 is 33.4 Å². The van der Waals surface area contributed by atoms with Crippen LogP contribution >= 0.6 is 0 Å². The van der Waals surface area contributed by atoms with Gasteiger partial charge in [0.25, 0.3) is 0 Å². The van der Waals surface area contributed by atoms with Gasteiger partial charge >= 0.3 is 0 Å². The molecule has 0 aliphatic rings. The number of anilines is 2. The molecular weight excluding hydrogens is 412 g/mol. The van der Waals surface area contributed by atoms with Crippen LogP contribution in [0.25, 0.3) is 38.6 Å². The van der Waals surface area contributed by atoms with Gasteiger partial charge in [-0.05, 0) is 42.8 Å². The molecule has 0 amide bonds. The molecule has 0 aliphatic heterocycles. The van der Waals surface area contributed by atoms with Crippen molar-refractivity contribution < 1.29 is 0 Å². The van der Waals surface area contributed by atoms with Crippen LogP contribution < -0.4 is 5.32 Å². The van der Waals surface area contributed by atoms with Crippen LogP contribution in [0.3, 0.4) is 0 Å². The summed E-state index contributed by atoms with van der Waals surface area (Å²) in [6.07, 6.45) is 5.46. The summed E-state index contributed by atoms with van der Waals surface area (Å²) < 4.78 is 3.63. The zero-order chi connectivity index (χ0) is 22.4. The van der Waals surface area contributed by atoms with Crippen molar-refractivity contribution in [3.05, 3.63) is 85.2 Å². The number of nitrogens with zero attached hydrogens (tertiary/aromatic N) is 7. The fourth-order valence-electron chi connectivity index (χ4n) is 4.04. The minimum absolute atomic E-state index is 0.540. The standard InChI is InChI=1S/C25H20N8/c1-16-27-15-33(31-16)19-11-9-18(10-12-19)29-25-26-13-17-5-3-7-21(24(17)30-25)20-6-4-8-23-22(20)14-28-32(23)2/h3-15H,1-2H3,(H,26,29,30). The third-order valence-corrected chi connectivity index (χ3v) is 5.69. The second-order valence-electron chi connectivity index (χ2n) is 7.85. The van der Waals surface area contributed by atoms with Gasteiger partial charge in [0.2, 0.25) is 5.95 Å². The molecule has 6 rings (SSSR count). The predicted octanol–water partition coefficient (Wildman–Crippen LogP) is 4.82. The zero-order valence-electron chi connectivity index (χ0n) is 18.1. The Morgan fingerprint density at radius 1 is 0.848 bits per heavy atom. The molecule has 160 valence electrons. The van der Waals surface area contributed by atoms with Crippen molar-refractivity contribution in [2.75, 3.05) is 5.32 Å². The summed E-state index contributed by atoms with van der Waals surface area (Å²) in [4.78, 5) is 13.6. The summed E-state index contributed by atoms with van der Waals surface area (Å²) in [6, 6.07) is 20.3. The number of rotatable bonds is 4. The lowest BCUT2D eigenvalue weighted by Gasteiger charge is -2.10. The van der Waals surface area contributed by atoms with Crippen molar-refractivity contribution in [3.8, 4) is 16.8 Å². The quantitative estimate of drug-likeness (QED) is 0.430. The number of benzene rings is 3. The van der Waals surface area contributed by atoms with Crippen LogP contribution in [0.2, 0.25) is 0 Å². The van der Waals surface area contributed by atoms with Gasteiger partial charge in [-0.25, -0.2) is 19.6 Å². The fourth-order valence-corrected chi connectivity index (χ4v) is 4.04. The first-order valence-corrected chi connectivity index (χ1v) is 10.6. The monoisotopic (exact) mass is 432 g/mol. The third-order valence-electron chi connectivity index (χ3n) is 5.69. The first kappa shape index (κ1) is 19.1. The van der Waals surface area contributed by atoms with Crippen LogP contribution in [-0.2, 0) is 7.05 Å². The van der Waals surface area contributed by atoms with Crippen LogP contribution in [0.1, 0.15) is 5.82 Å². The smallest absolute Gasteiger partial charge is 0.227 e. The lowest BCUT2D eigenvalue weighted by atomic mass is 9.99. The minimum Gasteiger partial charge on any atom is -0.324 e. The molecule has 3 aromatic heterocycles. The Kier molecular flexibility index (Phi) is 4.36. The van der Waals surface area contributed by atoms with Crippen LogP contribution in [0.4, 0.5) is 11.6 Å². The predicted molar refractivity (Wildman–Crippen MR) is 129 cm³/mol. The van der Waals surface area contributed by atoms with Gasteiger partial charge in [0, 0.05) is 35.3 Å². The number of hydrogen-bond donors (Lipinski definition) is 1. The molecule has 33 heavy (non-hydrogen) atoms. The molecule has 1 N–H and O–H groups in total. The van der Waals surface area contributed by atoms with Gasteiger partial charge < -0.3 is 5.32 Å². The number of aryl methyl sites for hydroxylation is 2. The lowest BCUT2D eigenvalue weighted by Crippen LogP contribution is -1.99. The maximum Gasteiger partial charge on any atom is 0.227 e. The number of fused-ring (bicyclic) bond motifs is 2. The largest absolute Gasteiger partial charge is 0.324 e. The molecular formula is C25H20N8. The molecule has 0 radical (unpaired) electrons. The van der Waals surface area contributed by atoms with E-state index >= 15 is 0 Å². The van der Waals surface area contributed by atoms with Gasteiger partial charge in [0.05, 0.1) is 22.9 Å². The molecule has 0 bridgehead atoms. The number of nitrogens with one attached hydrogen (secondary N) is 1. The third kappa shape index (κ3) is 3.38. The van der Waals surface area contributed by atoms with Crippen LogP contribution in [0.15, 0.2) is 79.4 Å². The molecule has 0 atom stereocenters. The van der Waals surface area contributed by atoms with E-state index in [0.29, 0.717) is 5.95 Å². The van der Waals surface area contributed by atoms with E-state index in [0.717, 1.165) is 50.1 Å². The van der Waals surface area contributed by atoms with E-state index in [2.05, 4.69) is 49.7 Å². The summed E-state index contributed by atoms with van der Waals surface area (Å²) >= 11 is 0. The summed E-state index contributed by atoms with van der Waals surface area (Å²) in [5.41, 5.74) is 5.95. The molecule has 3 heterocycles. The van der Waals surface area contributed by atoms with Crippen LogP contribution in [0, 0.1) is 6.92 Å². The summed E-state index contributed by atoms with van der Waals surface area (Å²) in [5.74, 6) is 1.28. The Bertz CT molecular complexity index is 1610. The average molecular weight is 432 g/mol. The highest BCUT2D eigenvalue weighted by Gasteiger charge is 2.12. The minimum atomic E-state index is 0.540. The maximum absolute atomic E-state index is 4.87. The van der Waals surface area contributed by atoms with Gasteiger partial charge in [-0.15, -0.1) is 0 Å². The van der Waals surface area contributed by atoms with Crippen molar-refractivity contribution in [1.29, 1.82) is 0 Å². The highest BCUT2D eigenvalue weighted by atomic mass is 15.3. The molecule has 8 nitrogen and oxygen atoms in total. The Hall–Kier alpha value is -4.59. The number of para-hydroxylation sites is 1. The van der Waals surface area contributed by atoms with Crippen molar-refractivity contribution in [2.24, 2.45) is 7.05 Å². The second-order valence-corrected chi connectivity index (χ2v) is 7.85. The van der Waals surface area contributed by atoms with Crippen molar-refractivity contribution in [1.82, 2.24) is 34.5 Å². The van der Waals surface area contributed by atoms with Gasteiger partial charge in [0.1, 0.15) is 12.2 Å².